The number of para-hydroxylation sites is 1. The number of nitrogens with one attached hydrogen (secondary N) is 2. The third kappa shape index (κ3) is 5.07. The van der Waals surface area contributed by atoms with E-state index in [1.807, 2.05) is 0 Å². The van der Waals surface area contributed by atoms with E-state index >= 15 is 0 Å². The lowest BCUT2D eigenvalue weighted by Crippen LogP contribution is -2.37. The van der Waals surface area contributed by atoms with Crippen LogP contribution < -0.4 is 10.0 Å². The van der Waals surface area contributed by atoms with Gasteiger partial charge in [-0.05, 0) is 56.2 Å². The molecule has 1 fully saturated rings. The second kappa shape index (κ2) is 7.79. The summed E-state index contributed by atoms with van der Waals surface area (Å²) in [6, 6.07) is 14.0. The lowest BCUT2D eigenvalue weighted by atomic mass is 10.2. The Kier molecular flexibility index (Phi) is 5.46. The summed E-state index contributed by atoms with van der Waals surface area (Å²) in [5.74, 6) is -1.02. The number of hydrogen-bond donors (Lipinski definition) is 2. The Morgan fingerprint density at radius 2 is 1.67 bits per heavy atom. The quantitative estimate of drug-likeness (QED) is 0.709. The summed E-state index contributed by atoms with van der Waals surface area (Å²) in [5.41, 5.74) is 0.608. The van der Waals surface area contributed by atoms with Crippen molar-refractivity contribution in [2.24, 2.45) is 0 Å². The molecule has 8 heteroatoms. The minimum atomic E-state index is -3.77. The number of amides is 1. The van der Waals surface area contributed by atoms with Gasteiger partial charge in [-0.3, -0.25) is 9.52 Å². The van der Waals surface area contributed by atoms with Gasteiger partial charge in [0.25, 0.3) is 15.9 Å². The van der Waals surface area contributed by atoms with Gasteiger partial charge in [-0.25, -0.2) is 13.2 Å². The van der Waals surface area contributed by atoms with Gasteiger partial charge in [0.15, 0.2) is 6.10 Å². The number of anilines is 1. The number of carbonyl (C=O) groups is 2. The monoisotopic (exact) mass is 388 g/mol. The molecule has 1 unspecified atom stereocenters. The molecule has 1 saturated carbocycles. The fraction of sp³-hybridized carbons (Fsp3) is 0.263. The molecule has 0 bridgehead atoms. The Bertz CT molecular complexity index is 922. The molecule has 27 heavy (non-hydrogen) atoms. The van der Waals surface area contributed by atoms with Crippen LogP contribution in [0.1, 0.15) is 30.1 Å². The van der Waals surface area contributed by atoms with Crippen molar-refractivity contribution in [3.8, 4) is 0 Å². The summed E-state index contributed by atoms with van der Waals surface area (Å²) in [4.78, 5) is 24.0. The van der Waals surface area contributed by atoms with E-state index in [1.165, 1.54) is 31.2 Å². The fourth-order valence-corrected chi connectivity index (χ4v) is 3.38. The zero-order valence-corrected chi connectivity index (χ0v) is 15.5. The second-order valence-electron chi connectivity index (χ2n) is 6.33. The predicted molar refractivity (Wildman–Crippen MR) is 99.7 cm³/mol. The van der Waals surface area contributed by atoms with Gasteiger partial charge in [-0.2, -0.15) is 0 Å². The van der Waals surface area contributed by atoms with Crippen molar-refractivity contribution in [2.75, 3.05) is 4.72 Å². The Balaban J connectivity index is 1.63. The van der Waals surface area contributed by atoms with Crippen molar-refractivity contribution >= 4 is 27.6 Å². The lowest BCUT2D eigenvalue weighted by molar-refractivity contribution is -0.129. The summed E-state index contributed by atoms with van der Waals surface area (Å²) < 4.78 is 32.3. The second-order valence-corrected chi connectivity index (χ2v) is 8.01. The summed E-state index contributed by atoms with van der Waals surface area (Å²) in [6.45, 7) is 1.50. The molecule has 1 aliphatic rings. The largest absolute Gasteiger partial charge is 0.449 e. The van der Waals surface area contributed by atoms with Gasteiger partial charge >= 0.3 is 5.97 Å². The molecule has 2 N–H and O–H groups in total. The van der Waals surface area contributed by atoms with E-state index in [-0.39, 0.29) is 22.4 Å². The summed E-state index contributed by atoms with van der Waals surface area (Å²) >= 11 is 0. The van der Waals surface area contributed by atoms with Crippen LogP contribution in [0.2, 0.25) is 0 Å². The van der Waals surface area contributed by atoms with Crippen molar-refractivity contribution in [1.82, 2.24) is 5.32 Å². The number of esters is 1. The van der Waals surface area contributed by atoms with E-state index in [4.69, 9.17) is 4.74 Å². The van der Waals surface area contributed by atoms with E-state index < -0.39 is 22.1 Å². The number of benzene rings is 2. The van der Waals surface area contributed by atoms with Crippen LogP contribution in [0.5, 0.6) is 0 Å². The van der Waals surface area contributed by atoms with Crippen LogP contribution in [-0.2, 0) is 19.6 Å². The Hall–Kier alpha value is -2.87. The first-order valence-electron chi connectivity index (χ1n) is 8.54. The highest BCUT2D eigenvalue weighted by Gasteiger charge is 2.27. The smallest absolute Gasteiger partial charge is 0.338 e. The number of rotatable bonds is 7. The third-order valence-corrected chi connectivity index (χ3v) is 5.40. The minimum absolute atomic E-state index is 0.0161. The van der Waals surface area contributed by atoms with Gasteiger partial charge < -0.3 is 10.1 Å². The van der Waals surface area contributed by atoms with Crippen LogP contribution >= 0.6 is 0 Å². The topological polar surface area (TPSA) is 102 Å². The standard InChI is InChI=1S/C19H20N2O5S/c1-13(18(22)20-15-9-10-15)26-19(23)14-7-11-17(12-8-14)27(24,25)21-16-5-3-2-4-6-16/h2-8,11-13,15,21H,9-10H2,1H3,(H,20,22). The van der Waals surface area contributed by atoms with E-state index in [1.54, 1.807) is 30.3 Å². The Morgan fingerprint density at radius 1 is 1.04 bits per heavy atom. The van der Waals surface area contributed by atoms with Gasteiger partial charge in [0.2, 0.25) is 0 Å². The zero-order valence-electron chi connectivity index (χ0n) is 14.7. The number of hydrogen-bond acceptors (Lipinski definition) is 5. The molecule has 2 aromatic rings. The van der Waals surface area contributed by atoms with E-state index in [9.17, 15) is 18.0 Å². The minimum Gasteiger partial charge on any atom is -0.449 e. The maximum absolute atomic E-state index is 12.4. The molecule has 0 saturated heterocycles. The van der Waals surface area contributed by atoms with Crippen LogP contribution in [-0.4, -0.2) is 32.4 Å². The molecule has 0 spiro atoms. The van der Waals surface area contributed by atoms with Crippen molar-refractivity contribution in [3.63, 3.8) is 0 Å². The molecule has 0 heterocycles. The molecule has 0 aliphatic heterocycles. The molecular formula is C19H20N2O5S. The van der Waals surface area contributed by atoms with E-state index in [0.717, 1.165) is 12.8 Å². The molecule has 2 aromatic carbocycles. The highest BCUT2D eigenvalue weighted by atomic mass is 32.2. The number of carbonyl (C=O) groups excluding carboxylic acids is 2. The fourth-order valence-electron chi connectivity index (χ4n) is 2.32. The molecule has 1 atom stereocenters. The van der Waals surface area contributed by atoms with Gasteiger partial charge in [-0.15, -0.1) is 0 Å². The molecule has 1 amide bonds. The van der Waals surface area contributed by atoms with Gasteiger partial charge in [-0.1, -0.05) is 18.2 Å². The molecule has 0 radical (unpaired) electrons. The van der Waals surface area contributed by atoms with Crippen LogP contribution in [0.4, 0.5) is 5.69 Å². The van der Waals surface area contributed by atoms with Gasteiger partial charge in [0.1, 0.15) is 0 Å². The molecule has 142 valence electrons. The average Bonchev–Trinajstić information content (AvgIpc) is 3.46. The summed E-state index contributed by atoms with van der Waals surface area (Å²) in [6.07, 6.45) is 0.972. The summed E-state index contributed by atoms with van der Waals surface area (Å²) in [5, 5.41) is 2.76. The third-order valence-electron chi connectivity index (χ3n) is 4.00. The SMILES string of the molecule is CC(OC(=O)c1ccc(S(=O)(=O)Nc2ccccc2)cc1)C(=O)NC1CC1. The first kappa shape index (κ1) is 18.9. The predicted octanol–water partition coefficient (Wildman–Crippen LogP) is 2.31. The molecule has 7 nitrogen and oxygen atoms in total. The van der Waals surface area contributed by atoms with Crippen molar-refractivity contribution in [1.29, 1.82) is 0 Å². The van der Waals surface area contributed by atoms with Crippen LogP contribution in [0, 0.1) is 0 Å². The van der Waals surface area contributed by atoms with Crippen molar-refractivity contribution < 1.29 is 22.7 Å². The molecule has 1 aliphatic carbocycles. The van der Waals surface area contributed by atoms with Crippen LogP contribution in [0.3, 0.4) is 0 Å². The zero-order chi connectivity index (χ0) is 19.4. The maximum Gasteiger partial charge on any atom is 0.338 e. The number of sulfonamides is 1. The van der Waals surface area contributed by atoms with Crippen LogP contribution in [0.25, 0.3) is 0 Å². The van der Waals surface area contributed by atoms with E-state index in [2.05, 4.69) is 10.0 Å². The summed E-state index contributed by atoms with van der Waals surface area (Å²) in [7, 11) is -3.77. The van der Waals surface area contributed by atoms with Gasteiger partial charge in [0.05, 0.1) is 10.5 Å². The average molecular weight is 388 g/mol. The van der Waals surface area contributed by atoms with Crippen molar-refractivity contribution in [2.45, 2.75) is 36.8 Å². The maximum atomic E-state index is 12.4. The Labute approximate surface area is 157 Å². The highest BCUT2D eigenvalue weighted by molar-refractivity contribution is 7.92. The van der Waals surface area contributed by atoms with Gasteiger partial charge in [0, 0.05) is 11.7 Å². The lowest BCUT2D eigenvalue weighted by Gasteiger charge is -2.13. The molecule has 0 aromatic heterocycles. The first-order valence-corrected chi connectivity index (χ1v) is 10.0. The molecule has 3 rings (SSSR count). The van der Waals surface area contributed by atoms with Crippen molar-refractivity contribution in [3.05, 3.63) is 60.2 Å². The van der Waals surface area contributed by atoms with Crippen LogP contribution in [0.15, 0.2) is 59.5 Å². The number of ether oxygens (including phenoxy) is 1. The van der Waals surface area contributed by atoms with E-state index in [0.29, 0.717) is 5.69 Å². The highest BCUT2D eigenvalue weighted by Crippen LogP contribution is 2.19. The first-order chi connectivity index (χ1) is 12.8. The Morgan fingerprint density at radius 3 is 2.26 bits per heavy atom. The molecular weight excluding hydrogens is 368 g/mol. The normalized spacial score (nSPS) is 14.9.